The highest BCUT2D eigenvalue weighted by Gasteiger charge is 2.08. The molecule has 0 spiro atoms. The van der Waals surface area contributed by atoms with Crippen LogP contribution in [0.15, 0.2) is 18.2 Å². The van der Waals surface area contributed by atoms with Gasteiger partial charge in [-0.1, -0.05) is 6.07 Å². The van der Waals surface area contributed by atoms with Crippen LogP contribution in [0, 0.1) is 6.92 Å². The number of halogens is 1. The second kappa shape index (κ2) is 8.25. The molecule has 0 unspecified atom stereocenters. The number of aryl methyl sites for hydroxylation is 1. The Morgan fingerprint density at radius 3 is 2.82 bits per heavy atom. The van der Waals surface area contributed by atoms with Crippen LogP contribution < -0.4 is 11.1 Å². The van der Waals surface area contributed by atoms with Gasteiger partial charge in [-0.25, -0.2) is 0 Å². The molecule has 0 atom stereocenters. The first-order valence-electron chi connectivity index (χ1n) is 5.28. The summed E-state index contributed by atoms with van der Waals surface area (Å²) in [5.74, 6) is 1.03. The minimum atomic E-state index is -0.0362. The molecule has 0 heterocycles. The van der Waals surface area contributed by atoms with Gasteiger partial charge < -0.3 is 11.1 Å². The van der Waals surface area contributed by atoms with Gasteiger partial charge in [-0.2, -0.15) is 11.8 Å². The molecule has 17 heavy (non-hydrogen) atoms. The van der Waals surface area contributed by atoms with E-state index in [1.165, 1.54) is 0 Å². The van der Waals surface area contributed by atoms with Crippen molar-refractivity contribution in [3.63, 3.8) is 0 Å². The molecule has 0 saturated carbocycles. The van der Waals surface area contributed by atoms with E-state index in [1.54, 1.807) is 23.9 Å². The molecule has 0 aliphatic rings. The van der Waals surface area contributed by atoms with Gasteiger partial charge in [-0.05, 0) is 43.0 Å². The molecule has 5 heteroatoms. The van der Waals surface area contributed by atoms with Crippen molar-refractivity contribution in [3.05, 3.63) is 29.3 Å². The Bertz CT molecular complexity index is 372. The highest BCUT2D eigenvalue weighted by molar-refractivity contribution is 7.98. The summed E-state index contributed by atoms with van der Waals surface area (Å²) in [6.07, 6.45) is 3.05. The fraction of sp³-hybridized carbons (Fsp3) is 0.417. The molecule has 0 saturated heterocycles. The Morgan fingerprint density at radius 1 is 1.47 bits per heavy atom. The number of amides is 1. The molecule has 0 aliphatic heterocycles. The zero-order valence-corrected chi connectivity index (χ0v) is 11.8. The first kappa shape index (κ1) is 16.1. The van der Waals surface area contributed by atoms with Gasteiger partial charge >= 0.3 is 0 Å². The Kier molecular flexibility index (Phi) is 7.83. The number of benzene rings is 1. The predicted molar refractivity (Wildman–Crippen MR) is 78.2 cm³/mol. The van der Waals surface area contributed by atoms with E-state index in [-0.39, 0.29) is 18.3 Å². The van der Waals surface area contributed by atoms with Gasteiger partial charge in [-0.15, -0.1) is 12.4 Å². The number of thioether (sulfide) groups is 1. The van der Waals surface area contributed by atoms with E-state index in [1.807, 2.05) is 13.0 Å². The Balaban J connectivity index is 0.00000256. The first-order valence-corrected chi connectivity index (χ1v) is 6.68. The zero-order valence-electron chi connectivity index (χ0n) is 10.2. The molecule has 3 nitrogen and oxygen atoms in total. The minimum Gasteiger partial charge on any atom is -0.399 e. The lowest BCUT2D eigenvalue weighted by molar-refractivity contribution is 0.0953. The van der Waals surface area contributed by atoms with Crippen LogP contribution in [0.4, 0.5) is 5.69 Å². The summed E-state index contributed by atoms with van der Waals surface area (Å²) >= 11 is 1.78. The van der Waals surface area contributed by atoms with Crippen molar-refractivity contribution in [1.29, 1.82) is 0 Å². The van der Waals surface area contributed by atoms with E-state index >= 15 is 0 Å². The summed E-state index contributed by atoms with van der Waals surface area (Å²) in [5.41, 5.74) is 7.91. The summed E-state index contributed by atoms with van der Waals surface area (Å²) in [6.45, 7) is 2.63. The fourth-order valence-electron chi connectivity index (χ4n) is 1.40. The molecule has 1 amide bonds. The number of hydrogen-bond acceptors (Lipinski definition) is 3. The lowest BCUT2D eigenvalue weighted by Gasteiger charge is -2.08. The van der Waals surface area contributed by atoms with E-state index in [0.717, 1.165) is 17.7 Å². The summed E-state index contributed by atoms with van der Waals surface area (Å²) < 4.78 is 0. The number of nitrogens with two attached hydrogens (primary N) is 1. The number of hydrogen-bond donors (Lipinski definition) is 2. The van der Waals surface area contributed by atoms with Crippen LogP contribution in [-0.4, -0.2) is 24.5 Å². The SMILES string of the molecule is CSCCCNC(=O)c1cc(N)ccc1C.Cl. The van der Waals surface area contributed by atoms with Crippen LogP contribution >= 0.6 is 24.2 Å². The van der Waals surface area contributed by atoms with Gasteiger partial charge in [0.1, 0.15) is 0 Å². The minimum absolute atomic E-state index is 0. The fourth-order valence-corrected chi connectivity index (χ4v) is 1.83. The van der Waals surface area contributed by atoms with Crippen molar-refractivity contribution >= 4 is 35.8 Å². The molecule has 96 valence electrons. The van der Waals surface area contributed by atoms with Crippen molar-refractivity contribution in [2.45, 2.75) is 13.3 Å². The molecule has 0 bridgehead atoms. The van der Waals surface area contributed by atoms with Gasteiger partial charge in [-0.3, -0.25) is 4.79 Å². The van der Waals surface area contributed by atoms with E-state index < -0.39 is 0 Å². The first-order chi connectivity index (χ1) is 7.65. The third-order valence-electron chi connectivity index (χ3n) is 2.32. The molecule has 1 aromatic rings. The number of carbonyl (C=O) groups excluding carboxylic acids is 1. The number of carbonyl (C=O) groups is 1. The zero-order chi connectivity index (χ0) is 12.0. The predicted octanol–water partition coefficient (Wildman–Crippen LogP) is 2.48. The standard InChI is InChI=1S/C12H18N2OS.ClH/c1-9-4-5-10(13)8-11(9)12(15)14-6-3-7-16-2;/h4-5,8H,3,6-7,13H2,1-2H3,(H,14,15);1H. The number of rotatable bonds is 5. The maximum atomic E-state index is 11.8. The molecule has 0 aliphatic carbocycles. The number of nitrogen functional groups attached to an aromatic ring is 1. The summed E-state index contributed by atoms with van der Waals surface area (Å²) in [6, 6.07) is 5.39. The van der Waals surface area contributed by atoms with Crippen LogP contribution in [0.2, 0.25) is 0 Å². The van der Waals surface area contributed by atoms with Crippen LogP contribution in [0.3, 0.4) is 0 Å². The maximum Gasteiger partial charge on any atom is 0.251 e. The average Bonchev–Trinajstić information content (AvgIpc) is 2.27. The van der Waals surface area contributed by atoms with Crippen LogP contribution in [0.5, 0.6) is 0 Å². The van der Waals surface area contributed by atoms with E-state index in [9.17, 15) is 4.79 Å². The third-order valence-corrected chi connectivity index (χ3v) is 3.01. The van der Waals surface area contributed by atoms with Gasteiger partial charge in [0.25, 0.3) is 5.91 Å². The third kappa shape index (κ3) is 5.33. The number of anilines is 1. The lowest BCUT2D eigenvalue weighted by atomic mass is 10.1. The second-order valence-corrected chi connectivity index (χ2v) is 4.66. The van der Waals surface area contributed by atoms with Crippen molar-refractivity contribution < 1.29 is 4.79 Å². The molecule has 3 N–H and O–H groups in total. The second-order valence-electron chi connectivity index (χ2n) is 3.68. The van der Waals surface area contributed by atoms with Gasteiger partial charge in [0.05, 0.1) is 0 Å². The van der Waals surface area contributed by atoms with Crippen molar-refractivity contribution in [2.24, 2.45) is 0 Å². The lowest BCUT2D eigenvalue weighted by Crippen LogP contribution is -2.25. The highest BCUT2D eigenvalue weighted by Crippen LogP contribution is 2.12. The molecule has 1 rings (SSSR count). The topological polar surface area (TPSA) is 55.1 Å². The Labute approximate surface area is 113 Å². The van der Waals surface area contributed by atoms with Crippen LogP contribution in [0.25, 0.3) is 0 Å². The molecule has 0 fully saturated rings. The molecule has 1 aromatic carbocycles. The van der Waals surface area contributed by atoms with E-state index in [4.69, 9.17) is 5.73 Å². The van der Waals surface area contributed by atoms with Crippen LogP contribution in [0.1, 0.15) is 22.3 Å². The van der Waals surface area contributed by atoms with Gasteiger partial charge in [0, 0.05) is 17.8 Å². The average molecular weight is 275 g/mol. The maximum absolute atomic E-state index is 11.8. The molecular weight excluding hydrogens is 256 g/mol. The highest BCUT2D eigenvalue weighted by atomic mass is 35.5. The summed E-state index contributed by atoms with van der Waals surface area (Å²) in [4.78, 5) is 11.8. The van der Waals surface area contributed by atoms with Crippen LogP contribution in [-0.2, 0) is 0 Å². The van der Waals surface area contributed by atoms with Gasteiger partial charge in [0.2, 0.25) is 0 Å². The van der Waals surface area contributed by atoms with Crippen molar-refractivity contribution in [1.82, 2.24) is 5.32 Å². The molecular formula is C12H19ClN2OS. The largest absolute Gasteiger partial charge is 0.399 e. The normalized spacial score (nSPS) is 9.53. The summed E-state index contributed by atoms with van der Waals surface area (Å²) in [5, 5.41) is 2.89. The summed E-state index contributed by atoms with van der Waals surface area (Å²) in [7, 11) is 0. The Morgan fingerprint density at radius 2 is 2.18 bits per heavy atom. The number of nitrogens with one attached hydrogen (secondary N) is 1. The van der Waals surface area contributed by atoms with E-state index in [0.29, 0.717) is 17.8 Å². The molecule has 0 aromatic heterocycles. The smallest absolute Gasteiger partial charge is 0.251 e. The van der Waals surface area contributed by atoms with Crippen molar-refractivity contribution in [2.75, 3.05) is 24.3 Å². The van der Waals surface area contributed by atoms with Gasteiger partial charge in [0.15, 0.2) is 0 Å². The molecule has 0 radical (unpaired) electrons. The quantitative estimate of drug-likeness (QED) is 0.641. The Hall–Kier alpha value is -0.870. The monoisotopic (exact) mass is 274 g/mol. The van der Waals surface area contributed by atoms with Crippen molar-refractivity contribution in [3.8, 4) is 0 Å². The van der Waals surface area contributed by atoms with E-state index in [2.05, 4.69) is 11.6 Å².